The second-order valence-corrected chi connectivity index (χ2v) is 6.75. The molecule has 4 aromatic rings. The molecule has 4 rings (SSSR count). The number of hydrogen-bond donors (Lipinski definition) is 0. The van der Waals surface area contributed by atoms with Crippen LogP contribution in [0, 0.1) is 0 Å². The summed E-state index contributed by atoms with van der Waals surface area (Å²) in [6.45, 7) is 0. The summed E-state index contributed by atoms with van der Waals surface area (Å²) in [5.41, 5.74) is 4.70. The van der Waals surface area contributed by atoms with Crippen molar-refractivity contribution in [3.63, 3.8) is 0 Å². The number of nitrogens with zero attached hydrogens (tertiary/aromatic N) is 3. The van der Waals surface area contributed by atoms with Gasteiger partial charge in [0.25, 0.3) is 0 Å². The van der Waals surface area contributed by atoms with Crippen molar-refractivity contribution in [3.8, 4) is 22.3 Å². The molecule has 0 saturated carbocycles. The molecule has 1 heterocycles. The van der Waals surface area contributed by atoms with Crippen LogP contribution in [0.1, 0.15) is 0 Å². The number of hydrogen-bond acceptors (Lipinski definition) is 3. The Labute approximate surface area is 165 Å². The third-order valence-corrected chi connectivity index (χ3v) is 4.24. The summed E-state index contributed by atoms with van der Waals surface area (Å²) in [5.74, 6) is 0. The quantitative estimate of drug-likeness (QED) is 0.378. The van der Waals surface area contributed by atoms with Gasteiger partial charge in [0.1, 0.15) is 19.0 Å². The van der Waals surface area contributed by atoms with Gasteiger partial charge in [0.15, 0.2) is 0 Å². The van der Waals surface area contributed by atoms with E-state index in [9.17, 15) is 0 Å². The van der Waals surface area contributed by atoms with Crippen LogP contribution in [0.4, 0.5) is 0 Å². The van der Waals surface area contributed by atoms with E-state index in [2.05, 4.69) is 85.5 Å². The molecule has 1 aromatic heterocycles. The minimum atomic E-state index is 0.736. The van der Waals surface area contributed by atoms with Gasteiger partial charge in [-0.15, -0.1) is 0 Å². The van der Waals surface area contributed by atoms with Crippen molar-refractivity contribution in [2.24, 2.45) is 0 Å². The maximum Gasteiger partial charge on any atom is 0.119 e. The predicted molar refractivity (Wildman–Crippen MR) is 110 cm³/mol. The molecular formula is C21H15BrClN3. The molecule has 5 heteroatoms. The van der Waals surface area contributed by atoms with E-state index in [0.29, 0.717) is 0 Å². The molecule has 3 nitrogen and oxygen atoms in total. The summed E-state index contributed by atoms with van der Waals surface area (Å²) in [6.07, 6.45) is 4.31. The molecule has 0 spiro atoms. The third-order valence-electron chi connectivity index (χ3n) is 3.57. The Morgan fingerprint density at radius 1 is 0.577 bits per heavy atom. The Bertz CT molecular complexity index is 916. The van der Waals surface area contributed by atoms with Crippen molar-refractivity contribution >= 4 is 27.5 Å². The molecule has 0 atom stereocenters. The second kappa shape index (κ2) is 9.22. The molecule has 26 heavy (non-hydrogen) atoms. The fourth-order valence-electron chi connectivity index (χ4n) is 2.43. The third kappa shape index (κ3) is 5.22. The minimum absolute atomic E-state index is 0.736. The highest BCUT2D eigenvalue weighted by Crippen LogP contribution is 2.30. The Kier molecular flexibility index (Phi) is 6.47. The highest BCUT2D eigenvalue weighted by atomic mass is 79.9. The van der Waals surface area contributed by atoms with Crippen LogP contribution in [0.5, 0.6) is 0 Å². The van der Waals surface area contributed by atoms with Crippen molar-refractivity contribution in [1.82, 2.24) is 15.0 Å². The molecule has 0 bridgehead atoms. The number of rotatable bonds is 2. The first-order valence-corrected chi connectivity index (χ1v) is 9.06. The average molecular weight is 425 g/mol. The van der Waals surface area contributed by atoms with E-state index in [-0.39, 0.29) is 0 Å². The molecule has 0 saturated heterocycles. The summed E-state index contributed by atoms with van der Waals surface area (Å²) in [6, 6.07) is 24.8. The van der Waals surface area contributed by atoms with Crippen LogP contribution >= 0.6 is 27.5 Å². The second-order valence-electron chi connectivity index (χ2n) is 5.40. The van der Waals surface area contributed by atoms with Gasteiger partial charge < -0.3 is 0 Å². The molecule has 0 amide bonds. The van der Waals surface area contributed by atoms with Crippen LogP contribution in [0.3, 0.4) is 0 Å². The SMILES string of the molecule is Clc1cc(Br)cc(-c2cccc(-c3ccccc3)c2)c1.c1ncncn1. The molecule has 0 aliphatic carbocycles. The normalized spacial score (nSPS) is 9.92. The van der Waals surface area contributed by atoms with Gasteiger partial charge >= 0.3 is 0 Å². The molecule has 0 aliphatic heterocycles. The van der Waals surface area contributed by atoms with Gasteiger partial charge in [-0.2, -0.15) is 0 Å². The van der Waals surface area contributed by atoms with Crippen LogP contribution in [-0.2, 0) is 0 Å². The highest BCUT2D eigenvalue weighted by molar-refractivity contribution is 9.10. The van der Waals surface area contributed by atoms with E-state index in [1.165, 1.54) is 30.1 Å². The van der Waals surface area contributed by atoms with Crippen molar-refractivity contribution in [3.05, 3.63) is 101 Å². The van der Waals surface area contributed by atoms with Crippen molar-refractivity contribution in [2.45, 2.75) is 0 Å². The summed E-state index contributed by atoms with van der Waals surface area (Å²) >= 11 is 9.62. The maximum absolute atomic E-state index is 6.13. The number of aromatic nitrogens is 3. The summed E-state index contributed by atoms with van der Waals surface area (Å²) < 4.78 is 0.991. The lowest BCUT2D eigenvalue weighted by Gasteiger charge is -2.07. The van der Waals surface area contributed by atoms with E-state index >= 15 is 0 Å². The highest BCUT2D eigenvalue weighted by Gasteiger charge is 2.03. The smallest absolute Gasteiger partial charge is 0.119 e. The monoisotopic (exact) mass is 423 g/mol. The summed E-state index contributed by atoms with van der Waals surface area (Å²) in [5, 5.41) is 0.736. The summed E-state index contributed by atoms with van der Waals surface area (Å²) in [4.78, 5) is 10.7. The number of benzene rings is 3. The fourth-order valence-corrected chi connectivity index (χ4v) is 3.29. The molecule has 3 aromatic carbocycles. The van der Waals surface area contributed by atoms with E-state index in [1.54, 1.807) is 0 Å². The van der Waals surface area contributed by atoms with Crippen molar-refractivity contribution in [2.75, 3.05) is 0 Å². The Morgan fingerprint density at radius 3 is 1.73 bits per heavy atom. The predicted octanol–water partition coefficient (Wildman–Crippen LogP) is 6.31. The lowest BCUT2D eigenvalue weighted by Crippen LogP contribution is -1.82. The topological polar surface area (TPSA) is 38.7 Å². The first kappa shape index (κ1) is 18.2. The van der Waals surface area contributed by atoms with Gasteiger partial charge in [-0.25, -0.2) is 15.0 Å². The molecule has 128 valence electrons. The zero-order chi connectivity index (χ0) is 18.2. The van der Waals surface area contributed by atoms with Gasteiger partial charge in [0.05, 0.1) is 0 Å². The van der Waals surface area contributed by atoms with Crippen molar-refractivity contribution < 1.29 is 0 Å². The van der Waals surface area contributed by atoms with Crippen LogP contribution in [-0.4, -0.2) is 15.0 Å². The zero-order valence-corrected chi connectivity index (χ0v) is 16.1. The van der Waals surface area contributed by atoms with E-state index in [0.717, 1.165) is 20.6 Å². The Morgan fingerprint density at radius 2 is 1.15 bits per heavy atom. The minimum Gasteiger partial charge on any atom is -0.225 e. The molecule has 0 N–H and O–H groups in total. The van der Waals surface area contributed by atoms with Crippen LogP contribution in [0.15, 0.2) is 96.3 Å². The maximum atomic E-state index is 6.13. The Balaban J connectivity index is 0.000000278. The van der Waals surface area contributed by atoms with Crippen LogP contribution in [0.25, 0.3) is 22.3 Å². The van der Waals surface area contributed by atoms with Gasteiger partial charge in [-0.1, -0.05) is 76.1 Å². The molecule has 0 aliphatic rings. The van der Waals surface area contributed by atoms with Crippen molar-refractivity contribution in [1.29, 1.82) is 0 Å². The van der Waals surface area contributed by atoms with Crippen LogP contribution < -0.4 is 0 Å². The standard InChI is InChI=1S/C18H12BrCl.C3H3N3/c19-17-10-16(11-18(20)12-17)15-8-4-7-14(9-15)13-5-2-1-3-6-13;1-4-2-6-3-5-1/h1-12H;1-3H. The average Bonchev–Trinajstić information content (AvgIpc) is 2.70. The summed E-state index contributed by atoms with van der Waals surface area (Å²) in [7, 11) is 0. The lowest BCUT2D eigenvalue weighted by molar-refractivity contribution is 1.05. The number of halogens is 2. The fraction of sp³-hybridized carbons (Fsp3) is 0. The lowest BCUT2D eigenvalue weighted by atomic mass is 9.99. The van der Waals surface area contributed by atoms with Gasteiger partial charge in [0.2, 0.25) is 0 Å². The zero-order valence-electron chi connectivity index (χ0n) is 13.8. The largest absolute Gasteiger partial charge is 0.225 e. The van der Waals surface area contributed by atoms with E-state index in [4.69, 9.17) is 11.6 Å². The van der Waals surface area contributed by atoms with Gasteiger partial charge in [-0.05, 0) is 46.5 Å². The molecular weight excluding hydrogens is 410 g/mol. The van der Waals surface area contributed by atoms with Crippen LogP contribution in [0.2, 0.25) is 5.02 Å². The molecule has 0 fully saturated rings. The molecule has 0 radical (unpaired) electrons. The first-order valence-electron chi connectivity index (χ1n) is 7.89. The van der Waals surface area contributed by atoms with E-state index in [1.807, 2.05) is 18.2 Å². The molecule has 0 unspecified atom stereocenters. The Hall–Kier alpha value is -2.56. The van der Waals surface area contributed by atoms with E-state index < -0.39 is 0 Å². The van der Waals surface area contributed by atoms with Gasteiger partial charge in [0, 0.05) is 9.50 Å². The van der Waals surface area contributed by atoms with Gasteiger partial charge in [-0.3, -0.25) is 0 Å². The first-order chi connectivity index (χ1) is 12.7.